The third-order valence-electron chi connectivity index (χ3n) is 1.08. The first-order valence-corrected chi connectivity index (χ1v) is 3.22. The highest BCUT2D eigenvalue weighted by molar-refractivity contribution is 5.67. The molecule has 0 aliphatic rings. The molecule has 0 saturated heterocycles. The molecule has 0 bridgehead atoms. The quantitative estimate of drug-likeness (QED) is 0.566. The Hall–Kier alpha value is -0.610. The van der Waals surface area contributed by atoms with Crippen LogP contribution in [-0.4, -0.2) is 30.3 Å². The predicted octanol–water partition coefficient (Wildman–Crippen LogP) is -0.175. The molecule has 0 aromatic carbocycles. The van der Waals surface area contributed by atoms with Crippen LogP contribution < -0.4 is 5.73 Å². The standard InChI is InChI=1S/C6H13NO3/c1-2-5(7)3-10-4-6(8)9/h5H,2-4,7H2,1H3,(H,8,9). The number of hydrogen-bond donors (Lipinski definition) is 2. The zero-order chi connectivity index (χ0) is 7.98. The van der Waals surface area contributed by atoms with Gasteiger partial charge in [0.25, 0.3) is 0 Å². The summed E-state index contributed by atoms with van der Waals surface area (Å²) in [5, 5.41) is 8.13. The van der Waals surface area contributed by atoms with Crippen LogP contribution in [0.3, 0.4) is 0 Å². The summed E-state index contributed by atoms with van der Waals surface area (Å²) >= 11 is 0. The summed E-state index contributed by atoms with van der Waals surface area (Å²) < 4.78 is 4.72. The van der Waals surface area contributed by atoms with Crippen molar-refractivity contribution in [1.82, 2.24) is 0 Å². The van der Waals surface area contributed by atoms with E-state index in [0.717, 1.165) is 6.42 Å². The van der Waals surface area contributed by atoms with Gasteiger partial charge in [-0.1, -0.05) is 6.92 Å². The Balaban J connectivity index is 3.11. The molecular formula is C6H13NO3. The first kappa shape index (κ1) is 9.39. The fraction of sp³-hybridized carbons (Fsp3) is 0.833. The van der Waals surface area contributed by atoms with Gasteiger partial charge in [-0.3, -0.25) is 0 Å². The Morgan fingerprint density at radius 1 is 1.80 bits per heavy atom. The average Bonchev–Trinajstić information content (AvgIpc) is 1.87. The van der Waals surface area contributed by atoms with Crippen molar-refractivity contribution in [3.8, 4) is 0 Å². The van der Waals surface area contributed by atoms with Crippen molar-refractivity contribution >= 4 is 5.97 Å². The van der Waals surface area contributed by atoms with Crippen LogP contribution >= 0.6 is 0 Å². The lowest BCUT2D eigenvalue weighted by Crippen LogP contribution is -2.26. The molecule has 0 spiro atoms. The van der Waals surface area contributed by atoms with E-state index >= 15 is 0 Å². The molecule has 0 aliphatic carbocycles. The Morgan fingerprint density at radius 2 is 2.40 bits per heavy atom. The molecule has 4 nitrogen and oxygen atoms in total. The van der Waals surface area contributed by atoms with Crippen molar-refractivity contribution < 1.29 is 14.6 Å². The second-order valence-corrected chi connectivity index (χ2v) is 2.08. The average molecular weight is 147 g/mol. The van der Waals surface area contributed by atoms with Gasteiger partial charge in [0.2, 0.25) is 0 Å². The molecule has 0 heterocycles. The molecule has 0 radical (unpaired) electrons. The van der Waals surface area contributed by atoms with E-state index in [1.165, 1.54) is 0 Å². The number of hydrogen-bond acceptors (Lipinski definition) is 3. The molecule has 10 heavy (non-hydrogen) atoms. The monoisotopic (exact) mass is 147 g/mol. The summed E-state index contributed by atoms with van der Waals surface area (Å²) in [5.74, 6) is -0.955. The van der Waals surface area contributed by atoms with Crippen molar-refractivity contribution in [2.24, 2.45) is 5.73 Å². The molecule has 60 valence electrons. The van der Waals surface area contributed by atoms with Crippen molar-refractivity contribution in [3.05, 3.63) is 0 Å². The number of ether oxygens (including phenoxy) is 1. The van der Waals surface area contributed by atoms with E-state index in [1.807, 2.05) is 6.92 Å². The molecule has 0 fully saturated rings. The lowest BCUT2D eigenvalue weighted by molar-refractivity contribution is -0.142. The van der Waals surface area contributed by atoms with Crippen LogP contribution in [0.1, 0.15) is 13.3 Å². The molecule has 0 aromatic heterocycles. The summed E-state index contributed by atoms with van der Waals surface area (Å²) in [6.45, 7) is 1.99. The van der Waals surface area contributed by atoms with Crippen LogP contribution in [0.2, 0.25) is 0 Å². The minimum absolute atomic E-state index is 0.0423. The molecule has 4 heteroatoms. The maximum atomic E-state index is 9.90. The normalized spacial score (nSPS) is 13.0. The first-order valence-electron chi connectivity index (χ1n) is 3.22. The van der Waals surface area contributed by atoms with E-state index in [-0.39, 0.29) is 12.6 Å². The van der Waals surface area contributed by atoms with Crippen molar-refractivity contribution in [2.75, 3.05) is 13.2 Å². The fourth-order valence-electron chi connectivity index (χ4n) is 0.415. The molecule has 0 aromatic rings. The number of nitrogens with two attached hydrogens (primary N) is 1. The summed E-state index contributed by atoms with van der Waals surface area (Å²) in [7, 11) is 0. The predicted molar refractivity (Wildman–Crippen MR) is 36.7 cm³/mol. The second-order valence-electron chi connectivity index (χ2n) is 2.08. The van der Waals surface area contributed by atoms with E-state index in [1.54, 1.807) is 0 Å². The largest absolute Gasteiger partial charge is 0.480 e. The summed E-state index contributed by atoms with van der Waals surface area (Å²) in [6.07, 6.45) is 0.805. The Kier molecular flexibility index (Phi) is 4.88. The van der Waals surface area contributed by atoms with Crippen molar-refractivity contribution in [1.29, 1.82) is 0 Å². The molecule has 0 amide bonds. The number of rotatable bonds is 5. The van der Waals surface area contributed by atoms with Gasteiger partial charge in [0.05, 0.1) is 6.61 Å². The number of carbonyl (C=O) groups is 1. The van der Waals surface area contributed by atoms with E-state index < -0.39 is 5.97 Å². The molecule has 1 atom stereocenters. The van der Waals surface area contributed by atoms with Gasteiger partial charge in [-0.15, -0.1) is 0 Å². The first-order chi connectivity index (χ1) is 4.66. The second kappa shape index (κ2) is 5.20. The van der Waals surface area contributed by atoms with Crippen LogP contribution in [0.15, 0.2) is 0 Å². The van der Waals surface area contributed by atoms with E-state index in [0.29, 0.717) is 6.61 Å². The smallest absolute Gasteiger partial charge is 0.329 e. The fourth-order valence-corrected chi connectivity index (χ4v) is 0.415. The third-order valence-corrected chi connectivity index (χ3v) is 1.08. The van der Waals surface area contributed by atoms with Crippen LogP contribution in [0.25, 0.3) is 0 Å². The van der Waals surface area contributed by atoms with Gasteiger partial charge in [0, 0.05) is 6.04 Å². The highest BCUT2D eigenvalue weighted by atomic mass is 16.5. The van der Waals surface area contributed by atoms with Gasteiger partial charge in [-0.25, -0.2) is 4.79 Å². The van der Waals surface area contributed by atoms with Gasteiger partial charge >= 0.3 is 5.97 Å². The Morgan fingerprint density at radius 3 is 2.80 bits per heavy atom. The zero-order valence-corrected chi connectivity index (χ0v) is 6.04. The number of carboxylic acids is 1. The lowest BCUT2D eigenvalue weighted by Gasteiger charge is -2.06. The van der Waals surface area contributed by atoms with Crippen LogP contribution in [0, 0.1) is 0 Å². The van der Waals surface area contributed by atoms with E-state index in [9.17, 15) is 4.79 Å². The summed E-state index contributed by atoms with van der Waals surface area (Å²) in [4.78, 5) is 9.90. The van der Waals surface area contributed by atoms with Gasteiger partial charge in [0.1, 0.15) is 6.61 Å². The molecule has 0 saturated carbocycles. The van der Waals surface area contributed by atoms with Gasteiger partial charge in [0.15, 0.2) is 0 Å². The topological polar surface area (TPSA) is 72.5 Å². The molecular weight excluding hydrogens is 134 g/mol. The molecule has 1 unspecified atom stereocenters. The number of aliphatic carboxylic acids is 1. The highest BCUT2D eigenvalue weighted by Gasteiger charge is 2.00. The van der Waals surface area contributed by atoms with Crippen molar-refractivity contribution in [2.45, 2.75) is 19.4 Å². The van der Waals surface area contributed by atoms with Crippen LogP contribution in [0.5, 0.6) is 0 Å². The highest BCUT2D eigenvalue weighted by Crippen LogP contribution is 1.86. The zero-order valence-electron chi connectivity index (χ0n) is 6.04. The Bertz CT molecular complexity index is 105. The number of carboxylic acid groups (broad SMARTS) is 1. The van der Waals surface area contributed by atoms with Gasteiger partial charge in [-0.2, -0.15) is 0 Å². The van der Waals surface area contributed by atoms with E-state index in [4.69, 9.17) is 15.6 Å². The van der Waals surface area contributed by atoms with Crippen molar-refractivity contribution in [3.63, 3.8) is 0 Å². The molecule has 3 N–H and O–H groups in total. The van der Waals surface area contributed by atoms with E-state index in [2.05, 4.69) is 0 Å². The molecule has 0 aliphatic heterocycles. The van der Waals surface area contributed by atoms with Gasteiger partial charge < -0.3 is 15.6 Å². The maximum Gasteiger partial charge on any atom is 0.329 e. The minimum Gasteiger partial charge on any atom is -0.480 e. The van der Waals surface area contributed by atoms with Gasteiger partial charge in [-0.05, 0) is 6.42 Å². The lowest BCUT2D eigenvalue weighted by atomic mass is 10.3. The molecule has 0 rings (SSSR count). The third kappa shape index (κ3) is 5.53. The maximum absolute atomic E-state index is 9.90. The van der Waals surface area contributed by atoms with Crippen LogP contribution in [0.4, 0.5) is 0 Å². The van der Waals surface area contributed by atoms with Crippen LogP contribution in [-0.2, 0) is 9.53 Å². The SMILES string of the molecule is CCC(N)COCC(=O)O. The minimum atomic E-state index is -0.955. The summed E-state index contributed by atoms with van der Waals surface area (Å²) in [5.41, 5.74) is 5.44. The Labute approximate surface area is 60.0 Å². The summed E-state index contributed by atoms with van der Waals surface area (Å²) in [6, 6.07) is -0.0423.